The fourth-order valence-corrected chi connectivity index (χ4v) is 18.2. The van der Waals surface area contributed by atoms with Crippen LogP contribution in [0, 0.1) is 17.8 Å². The zero-order valence-corrected chi connectivity index (χ0v) is 52.6. The topological polar surface area (TPSA) is 197 Å². The lowest BCUT2D eigenvalue weighted by Gasteiger charge is -2.48. The minimum Gasteiger partial charge on any atom is -0.459 e. The number of hydrogen-bond acceptors (Lipinski definition) is 14. The van der Waals surface area contributed by atoms with Crippen LogP contribution in [0.5, 0.6) is 0 Å². The van der Waals surface area contributed by atoms with Crippen LogP contribution in [0.4, 0.5) is 0 Å². The van der Waals surface area contributed by atoms with Crippen molar-refractivity contribution >= 4 is 29.7 Å². The van der Waals surface area contributed by atoms with Gasteiger partial charge in [0.05, 0.1) is 77.3 Å². The van der Waals surface area contributed by atoms with Gasteiger partial charge >= 0.3 is 5.97 Å². The highest BCUT2D eigenvalue weighted by molar-refractivity contribution is 7.90. The Morgan fingerprint density at radius 2 is 1.34 bits per heavy atom. The number of likely N-dealkylation sites (N-methyl/N-ethyl adjacent to an activating group) is 1. The second-order valence-corrected chi connectivity index (χ2v) is 29.8. The summed E-state index contributed by atoms with van der Waals surface area (Å²) < 4.78 is 38.3. The highest BCUT2D eigenvalue weighted by Gasteiger charge is 2.53. The molecule has 0 bridgehead atoms. The molecule has 0 aliphatic carbocycles. The van der Waals surface area contributed by atoms with E-state index in [0.29, 0.717) is 18.5 Å². The number of methoxy groups -OCH3 is 1. The van der Waals surface area contributed by atoms with Crippen LogP contribution in [0.3, 0.4) is 0 Å². The predicted octanol–water partition coefficient (Wildman–Crippen LogP) is 8.78. The number of ether oxygens (including phenoxy) is 6. The molecule has 18 atom stereocenters. The number of benzene rings is 2. The van der Waals surface area contributed by atoms with Crippen LogP contribution in [0.1, 0.15) is 173 Å². The van der Waals surface area contributed by atoms with E-state index >= 15 is 0 Å². The Bertz CT molecular complexity index is 2110. The summed E-state index contributed by atoms with van der Waals surface area (Å²) in [7, 11) is 3.70. The maximum Gasteiger partial charge on any atom is 0.311 e. The molecule has 15 nitrogen and oxygen atoms in total. The van der Waals surface area contributed by atoms with Crippen LogP contribution in [-0.4, -0.2) is 177 Å². The number of hydrogen-bond donors (Lipinski definition) is 5. The molecule has 0 unspecified atom stereocenters. The minimum absolute atomic E-state index is 0.0781. The van der Waals surface area contributed by atoms with Gasteiger partial charge in [0.1, 0.15) is 30.0 Å². The monoisotopic (exact) mass is 1140 g/mol. The Morgan fingerprint density at radius 3 is 1.86 bits per heavy atom. The van der Waals surface area contributed by atoms with E-state index in [4.69, 9.17) is 28.4 Å². The molecule has 0 saturated carbocycles. The van der Waals surface area contributed by atoms with Crippen molar-refractivity contribution in [3.63, 3.8) is 0 Å². The van der Waals surface area contributed by atoms with E-state index in [1.807, 2.05) is 39.8 Å². The second-order valence-electron chi connectivity index (χ2n) is 25.6. The van der Waals surface area contributed by atoms with Crippen molar-refractivity contribution in [2.24, 2.45) is 17.8 Å². The van der Waals surface area contributed by atoms with Crippen molar-refractivity contribution in [2.45, 2.75) is 269 Å². The Labute approximate surface area is 482 Å². The average molecular weight is 1140 g/mol. The zero-order valence-electron chi connectivity index (χ0n) is 51.7. The molecule has 2 aromatic carbocycles. The largest absolute Gasteiger partial charge is 0.459 e. The minimum atomic E-state index is -2.00. The lowest BCUT2D eigenvalue weighted by molar-refractivity contribution is -0.318. The molecule has 5 N–H and O–H groups in total. The van der Waals surface area contributed by atoms with Crippen LogP contribution in [-0.2, 0) is 38.0 Å². The van der Waals surface area contributed by atoms with Crippen molar-refractivity contribution in [3.05, 3.63) is 60.7 Å². The van der Waals surface area contributed by atoms with E-state index in [9.17, 15) is 35.1 Å². The lowest BCUT2D eigenvalue weighted by atomic mass is 9.77. The highest BCUT2D eigenvalue weighted by atomic mass is 31.2. The molecule has 0 spiro atoms. The van der Waals surface area contributed by atoms with Crippen LogP contribution < -0.4 is 10.6 Å². The van der Waals surface area contributed by atoms with Crippen LogP contribution in [0.2, 0.25) is 0 Å². The zero-order chi connectivity index (χ0) is 59.3. The third-order valence-electron chi connectivity index (χ3n) is 18.4. The number of carbonyl (C=O) groups is 2. The molecule has 5 rings (SSSR count). The molecule has 3 aliphatic heterocycles. The number of unbranched alkanes of at least 4 members (excludes halogenated alkanes) is 8. The third-order valence-corrected chi connectivity index (χ3v) is 23.7. The molecule has 3 fully saturated rings. The summed E-state index contributed by atoms with van der Waals surface area (Å²) in [5, 5.41) is 63.4. The summed E-state index contributed by atoms with van der Waals surface area (Å²) in [4.78, 5) is 32.8. The fourth-order valence-electron chi connectivity index (χ4n) is 13.5. The average Bonchev–Trinajstić information content (AvgIpc) is 3.42. The van der Waals surface area contributed by atoms with E-state index in [1.54, 1.807) is 46.4 Å². The smallest absolute Gasteiger partial charge is 0.311 e. The van der Waals surface area contributed by atoms with Gasteiger partial charge in [-0.25, -0.2) is 0 Å². The molecular weight excluding hydrogens is 1040 g/mol. The highest BCUT2D eigenvalue weighted by Crippen LogP contribution is 2.61. The van der Waals surface area contributed by atoms with E-state index in [2.05, 4.69) is 74.5 Å². The van der Waals surface area contributed by atoms with Gasteiger partial charge in [-0.05, 0) is 145 Å². The molecule has 0 aromatic heterocycles. The van der Waals surface area contributed by atoms with Crippen molar-refractivity contribution in [2.75, 3.05) is 33.9 Å². The molecule has 456 valence electrons. The number of aliphatic hydroxyl groups is 5. The quantitative estimate of drug-likeness (QED) is 0.0426. The van der Waals surface area contributed by atoms with E-state index in [1.165, 1.54) is 56.5 Å². The van der Waals surface area contributed by atoms with E-state index < -0.39 is 109 Å². The Balaban J connectivity index is 1.32. The summed E-state index contributed by atoms with van der Waals surface area (Å²) in [6.07, 6.45) is 1.56. The molecule has 0 radical (unpaired) electrons. The summed E-state index contributed by atoms with van der Waals surface area (Å²) in [6.45, 7) is 22.3. The summed E-state index contributed by atoms with van der Waals surface area (Å²) >= 11 is 0. The van der Waals surface area contributed by atoms with Gasteiger partial charge in [0.15, 0.2) is 12.6 Å². The van der Waals surface area contributed by atoms with Gasteiger partial charge in [-0.1, -0.05) is 95.7 Å². The molecule has 2 aromatic rings. The first-order valence-electron chi connectivity index (χ1n) is 30.5. The summed E-state index contributed by atoms with van der Waals surface area (Å²) in [5.74, 6) is -3.24. The van der Waals surface area contributed by atoms with Crippen molar-refractivity contribution in [1.82, 2.24) is 9.80 Å². The second kappa shape index (κ2) is 30.4. The molecule has 3 aliphatic rings. The molecule has 3 saturated heterocycles. The van der Waals surface area contributed by atoms with Gasteiger partial charge in [-0.15, -0.1) is 0 Å². The van der Waals surface area contributed by atoms with Gasteiger partial charge in [0.25, 0.3) is 0 Å². The van der Waals surface area contributed by atoms with Crippen LogP contribution >= 0.6 is 7.26 Å². The fraction of sp³-hybridized carbons (Fsp3) is 0.781. The lowest BCUT2D eigenvalue weighted by Crippen LogP contribution is -2.60. The van der Waals surface area contributed by atoms with Crippen LogP contribution in [0.25, 0.3) is 0 Å². The number of carbonyl (C=O) groups excluding carboxylic acids is 2. The van der Waals surface area contributed by atoms with Crippen molar-refractivity contribution < 1.29 is 63.5 Å². The Kier molecular flexibility index (Phi) is 25.9. The maximum absolute atomic E-state index is 14.7. The van der Waals surface area contributed by atoms with Gasteiger partial charge in [-0.3, -0.25) is 9.59 Å². The first-order chi connectivity index (χ1) is 37.7. The van der Waals surface area contributed by atoms with Gasteiger partial charge in [0.2, 0.25) is 5.91 Å². The van der Waals surface area contributed by atoms with Gasteiger partial charge in [0, 0.05) is 38.5 Å². The van der Waals surface area contributed by atoms with Crippen molar-refractivity contribution in [3.8, 4) is 0 Å². The number of rotatable bonds is 22. The number of nitrogens with zero attached hydrogens (tertiary/aromatic N) is 2. The Hall–Kier alpha value is -2.63. The van der Waals surface area contributed by atoms with Crippen molar-refractivity contribution in [1.29, 1.82) is 0 Å². The van der Waals surface area contributed by atoms with Gasteiger partial charge < -0.3 is 63.8 Å². The van der Waals surface area contributed by atoms with E-state index in [-0.39, 0.29) is 50.3 Å². The third kappa shape index (κ3) is 16.8. The first-order valence-corrected chi connectivity index (χ1v) is 32.5. The maximum atomic E-state index is 14.7. The number of amides is 1. The molecule has 80 heavy (non-hydrogen) atoms. The standard InChI is InChI=1S/C64H108N2O13P/c1-16-52-64(12,73)57(69)47(8)66(53(67)36-30-22-20-18-17-19-21-23-31-37-80(42(2)3,49-32-26-24-27-33-49)50-34-28-25-29-35-50)41-43(4)39-62(10,72)59(79-61-55(68)51(65(13)14)38-44(5)75-61)45(6)56(46(7)60(71)77-52)78-54-40-63(11,74-15)58(70)48(9)76-54/h24-29,32-35,42-48,51-52,54-59,61,68-70,72-73H,16-23,30-31,36-41H2,1-15H3/q+1/t43-,44-,45+,46-,47-,48+,51+,52-,54+,55-,56+,57-,58+,59-,61+,62-,63-,64-/m1/s1. The number of aliphatic hydroxyl groups excluding tert-OH is 3. The molecular formula is C64H108N2O13P+. The predicted molar refractivity (Wildman–Crippen MR) is 319 cm³/mol. The molecule has 3 heterocycles. The van der Waals surface area contributed by atoms with Crippen LogP contribution in [0.15, 0.2) is 60.7 Å². The molecule has 1 amide bonds. The van der Waals surface area contributed by atoms with E-state index in [0.717, 1.165) is 25.7 Å². The number of cyclic esters (lactones) is 1. The molecule has 16 heteroatoms. The summed E-state index contributed by atoms with van der Waals surface area (Å²) in [5.41, 5.74) is -4.22. The Morgan fingerprint density at radius 1 is 0.787 bits per heavy atom. The summed E-state index contributed by atoms with van der Waals surface area (Å²) in [6, 6.07) is 21.0. The SMILES string of the molecule is CC[C@H]1OC(=O)[C@H](C)[C@@H](O[C@H]2C[C@@](C)(OC)[C@@H](O)[C@H](C)O2)[C@H](C)[C@@H](O[C@@H]2O[C@H](C)C[C@H](N(C)C)[C@H]2O)[C@](C)(O)C[C@@H](C)CN(C(=O)CCCCCCCCCCC[P+](c2ccccc2)(c2ccccc2)C(C)C)[C@H](C)[C@@H](O)[C@]1(C)O. The van der Waals surface area contributed by atoms with Gasteiger partial charge in [-0.2, -0.15) is 0 Å². The normalized spacial score (nSPS) is 36.4. The first kappa shape index (κ1) is 68.2. The number of esters is 1.